The predicted molar refractivity (Wildman–Crippen MR) is 90.3 cm³/mol. The Morgan fingerprint density at radius 3 is 2.38 bits per heavy atom. The molecule has 1 aromatic heterocycles. The smallest absolute Gasteiger partial charge is 0.371 e. The van der Waals surface area contributed by atoms with Crippen LogP contribution in [0.3, 0.4) is 0 Å². The highest BCUT2D eigenvalue weighted by Gasteiger charge is 2.36. The number of hydrogen-bond donors (Lipinski definition) is 1. The van der Waals surface area contributed by atoms with E-state index in [1.54, 1.807) is 12.1 Å². The Kier molecular flexibility index (Phi) is 5.21. The molecule has 1 saturated heterocycles. The lowest BCUT2D eigenvalue weighted by molar-refractivity contribution is -0.138. The number of aldehydes is 1. The number of halogens is 3. The molecule has 1 aliphatic heterocycles. The van der Waals surface area contributed by atoms with E-state index < -0.39 is 11.2 Å². The van der Waals surface area contributed by atoms with Gasteiger partial charge in [-0.15, -0.1) is 10.2 Å². The van der Waals surface area contributed by atoms with Gasteiger partial charge in [0.15, 0.2) is 0 Å². The minimum Gasteiger partial charge on any atom is -0.371 e. The summed E-state index contributed by atoms with van der Waals surface area (Å²) in [5.74, 6) is -0.635. The minimum absolute atomic E-state index is 0.144. The van der Waals surface area contributed by atoms with Gasteiger partial charge in [0.1, 0.15) is 6.29 Å². The number of hydrogen-bond acceptors (Lipinski definition) is 6. The van der Waals surface area contributed by atoms with Gasteiger partial charge in [0.25, 0.3) is 0 Å². The molecule has 1 aromatic carbocycles. The van der Waals surface area contributed by atoms with Gasteiger partial charge in [0.2, 0.25) is 16.0 Å². The van der Waals surface area contributed by atoms with Gasteiger partial charge in [-0.25, -0.2) is 0 Å². The molecule has 0 atom stereocenters. The highest BCUT2D eigenvalue weighted by molar-refractivity contribution is 7.15. The lowest BCUT2D eigenvalue weighted by Gasteiger charge is -2.32. The number of rotatable bonds is 4. The molecule has 0 saturated carbocycles. The lowest BCUT2D eigenvalue weighted by Crippen LogP contribution is -2.38. The molecular formula is C16H15F3N4O2S. The number of nitrogens with one attached hydrogen (secondary N) is 1. The maximum absolute atomic E-state index is 12.5. The lowest BCUT2D eigenvalue weighted by atomic mass is 9.95. The summed E-state index contributed by atoms with van der Waals surface area (Å²) >= 11 is 0.315. The van der Waals surface area contributed by atoms with Crippen molar-refractivity contribution in [3.05, 3.63) is 34.8 Å². The van der Waals surface area contributed by atoms with Crippen molar-refractivity contribution in [1.82, 2.24) is 10.2 Å². The predicted octanol–water partition coefficient (Wildman–Crippen LogP) is 3.22. The molecule has 26 heavy (non-hydrogen) atoms. The first-order valence-corrected chi connectivity index (χ1v) is 8.70. The summed E-state index contributed by atoms with van der Waals surface area (Å²) in [6, 6.07) is 7.16. The summed E-state index contributed by atoms with van der Waals surface area (Å²) in [5, 5.41) is 7.62. The summed E-state index contributed by atoms with van der Waals surface area (Å²) in [7, 11) is 0. The van der Waals surface area contributed by atoms with E-state index >= 15 is 0 Å². The Labute approximate surface area is 151 Å². The summed E-state index contributed by atoms with van der Waals surface area (Å²) in [6.07, 6.45) is -2.64. The van der Waals surface area contributed by atoms with Gasteiger partial charge in [-0.3, -0.25) is 9.59 Å². The van der Waals surface area contributed by atoms with Crippen LogP contribution < -0.4 is 10.2 Å². The van der Waals surface area contributed by atoms with Crippen LogP contribution in [0.5, 0.6) is 0 Å². The standard InChI is InChI=1S/C16H15F3N4O2S/c17-16(18,19)14-21-22-15(26-14)20-13(25)11-5-7-23(8-6-11)12-3-1-10(9-24)2-4-12/h1-4,9,11H,5-8H2,(H,20,22,25). The quantitative estimate of drug-likeness (QED) is 0.820. The largest absolute Gasteiger partial charge is 0.445 e. The third kappa shape index (κ3) is 4.18. The average molecular weight is 384 g/mol. The molecule has 1 aliphatic rings. The van der Waals surface area contributed by atoms with Crippen LogP contribution in [0.4, 0.5) is 24.0 Å². The molecule has 0 bridgehead atoms. The molecule has 0 aliphatic carbocycles. The van der Waals surface area contributed by atoms with E-state index in [9.17, 15) is 22.8 Å². The van der Waals surface area contributed by atoms with Crippen LogP contribution in [-0.2, 0) is 11.0 Å². The fraction of sp³-hybridized carbons (Fsp3) is 0.375. The monoisotopic (exact) mass is 384 g/mol. The minimum atomic E-state index is -4.56. The number of carbonyl (C=O) groups is 2. The van der Waals surface area contributed by atoms with Crippen molar-refractivity contribution in [2.45, 2.75) is 19.0 Å². The van der Waals surface area contributed by atoms with E-state index in [0.29, 0.717) is 42.8 Å². The molecule has 0 radical (unpaired) electrons. The number of nitrogens with zero attached hydrogens (tertiary/aromatic N) is 3. The van der Waals surface area contributed by atoms with Crippen molar-refractivity contribution in [2.75, 3.05) is 23.3 Å². The third-order valence-corrected chi connectivity index (χ3v) is 5.04. The zero-order valence-corrected chi connectivity index (χ0v) is 14.3. The van der Waals surface area contributed by atoms with Crippen molar-refractivity contribution in [2.24, 2.45) is 5.92 Å². The number of amides is 1. The Morgan fingerprint density at radius 2 is 1.85 bits per heavy atom. The Morgan fingerprint density at radius 1 is 1.19 bits per heavy atom. The van der Waals surface area contributed by atoms with Crippen molar-refractivity contribution in [3.8, 4) is 0 Å². The number of aromatic nitrogens is 2. The van der Waals surface area contributed by atoms with Crippen molar-refractivity contribution in [1.29, 1.82) is 0 Å². The van der Waals surface area contributed by atoms with Crippen LogP contribution in [0.1, 0.15) is 28.2 Å². The first kappa shape index (κ1) is 18.3. The van der Waals surface area contributed by atoms with E-state index in [0.717, 1.165) is 12.0 Å². The van der Waals surface area contributed by atoms with Gasteiger partial charge < -0.3 is 10.2 Å². The van der Waals surface area contributed by atoms with Gasteiger partial charge in [-0.2, -0.15) is 13.2 Å². The van der Waals surface area contributed by atoms with Gasteiger partial charge in [-0.1, -0.05) is 11.3 Å². The molecule has 2 aromatic rings. The Bertz CT molecular complexity index is 784. The van der Waals surface area contributed by atoms with E-state index in [-0.39, 0.29) is 17.0 Å². The summed E-state index contributed by atoms with van der Waals surface area (Å²) in [5.41, 5.74) is 1.56. The number of alkyl halides is 3. The number of piperidine rings is 1. The zero-order chi connectivity index (χ0) is 18.7. The second-order valence-electron chi connectivity index (χ2n) is 5.87. The molecule has 0 unspecified atom stereocenters. The second kappa shape index (κ2) is 7.40. The maximum atomic E-state index is 12.5. The number of carbonyl (C=O) groups excluding carboxylic acids is 2. The first-order chi connectivity index (χ1) is 12.4. The molecular weight excluding hydrogens is 369 g/mol. The number of benzene rings is 1. The van der Waals surface area contributed by atoms with Gasteiger partial charge in [0.05, 0.1) is 0 Å². The summed E-state index contributed by atoms with van der Waals surface area (Å²) in [6.45, 7) is 1.28. The van der Waals surface area contributed by atoms with Crippen LogP contribution in [0.25, 0.3) is 0 Å². The van der Waals surface area contributed by atoms with Crippen LogP contribution in [0.15, 0.2) is 24.3 Å². The molecule has 1 N–H and O–H groups in total. The van der Waals surface area contributed by atoms with Gasteiger partial charge in [-0.05, 0) is 37.1 Å². The molecule has 3 rings (SSSR count). The highest BCUT2D eigenvalue weighted by Crippen LogP contribution is 2.33. The zero-order valence-electron chi connectivity index (χ0n) is 13.5. The van der Waals surface area contributed by atoms with Crippen LogP contribution in [-0.4, -0.2) is 35.5 Å². The molecule has 138 valence electrons. The SMILES string of the molecule is O=Cc1ccc(N2CCC(C(=O)Nc3nnc(C(F)(F)F)s3)CC2)cc1. The van der Waals surface area contributed by atoms with Crippen molar-refractivity contribution in [3.63, 3.8) is 0 Å². The van der Waals surface area contributed by atoms with E-state index in [2.05, 4.69) is 20.4 Å². The Balaban J connectivity index is 1.54. The van der Waals surface area contributed by atoms with E-state index in [1.807, 2.05) is 12.1 Å². The fourth-order valence-electron chi connectivity index (χ4n) is 2.76. The second-order valence-corrected chi connectivity index (χ2v) is 6.85. The van der Waals surface area contributed by atoms with Crippen LogP contribution in [0, 0.1) is 5.92 Å². The summed E-state index contributed by atoms with van der Waals surface area (Å²) < 4.78 is 37.5. The van der Waals surface area contributed by atoms with Gasteiger partial charge >= 0.3 is 6.18 Å². The molecule has 1 amide bonds. The van der Waals surface area contributed by atoms with E-state index in [1.165, 1.54) is 0 Å². The fourth-order valence-corrected chi connectivity index (χ4v) is 3.37. The normalized spacial score (nSPS) is 15.7. The van der Waals surface area contributed by atoms with E-state index in [4.69, 9.17) is 0 Å². The molecule has 0 spiro atoms. The molecule has 1 fully saturated rings. The van der Waals surface area contributed by atoms with Crippen LogP contribution >= 0.6 is 11.3 Å². The molecule has 10 heteroatoms. The van der Waals surface area contributed by atoms with Crippen molar-refractivity contribution < 1.29 is 22.8 Å². The maximum Gasteiger partial charge on any atom is 0.445 e. The third-order valence-electron chi connectivity index (χ3n) is 4.16. The highest BCUT2D eigenvalue weighted by atomic mass is 32.1. The van der Waals surface area contributed by atoms with Crippen LogP contribution in [0.2, 0.25) is 0 Å². The topological polar surface area (TPSA) is 75.2 Å². The number of anilines is 2. The average Bonchev–Trinajstić information content (AvgIpc) is 3.11. The molecule has 6 nitrogen and oxygen atoms in total. The summed E-state index contributed by atoms with van der Waals surface area (Å²) in [4.78, 5) is 25.0. The first-order valence-electron chi connectivity index (χ1n) is 7.88. The molecule has 2 heterocycles. The Hall–Kier alpha value is -2.49. The van der Waals surface area contributed by atoms with Crippen molar-refractivity contribution >= 4 is 34.3 Å². The van der Waals surface area contributed by atoms with Gasteiger partial charge in [0, 0.05) is 30.3 Å².